The van der Waals surface area contributed by atoms with Gasteiger partial charge in [0, 0.05) is 32.7 Å². The number of fused-ring (bicyclic) bond motifs is 2. The summed E-state index contributed by atoms with van der Waals surface area (Å²) in [4.78, 5) is 9.87. The van der Waals surface area contributed by atoms with E-state index >= 15 is 0 Å². The molecule has 2 aliphatic heterocycles. The summed E-state index contributed by atoms with van der Waals surface area (Å²) in [6.07, 6.45) is 0. The maximum absolute atomic E-state index is 5.50. The van der Waals surface area contributed by atoms with Crippen LogP contribution < -0.4 is 14.4 Å². The average Bonchev–Trinajstić information content (AvgIpc) is 3.33. The molecule has 3 aromatic rings. The predicted octanol–water partition coefficient (Wildman–Crippen LogP) is 3.96. The highest BCUT2D eigenvalue weighted by atomic mass is 32.1. The Hall–Kier alpha value is -2.31. The molecule has 5 rings (SSSR count). The number of rotatable bonds is 3. The Bertz CT molecular complexity index is 954. The quantitative estimate of drug-likeness (QED) is 0.686. The summed E-state index contributed by atoms with van der Waals surface area (Å²) in [5.74, 6) is 1.72. The summed E-state index contributed by atoms with van der Waals surface area (Å²) in [7, 11) is 0. The van der Waals surface area contributed by atoms with E-state index in [-0.39, 0.29) is 0 Å². The van der Waals surface area contributed by atoms with Crippen LogP contribution in [-0.4, -0.2) is 42.9 Å². The second kappa shape index (κ2) is 6.69. The van der Waals surface area contributed by atoms with Gasteiger partial charge in [0.05, 0.1) is 10.2 Å². The number of aryl methyl sites for hydroxylation is 2. The SMILES string of the molecule is Cc1ccc(C)c2sc(N3CCN(Cc4ccc5c(c4)OCO5)CC3)nc12. The molecule has 0 amide bonds. The number of hydrogen-bond donors (Lipinski definition) is 0. The van der Waals surface area contributed by atoms with Gasteiger partial charge in [0.15, 0.2) is 16.6 Å². The van der Waals surface area contributed by atoms with Crippen LogP contribution in [-0.2, 0) is 6.54 Å². The van der Waals surface area contributed by atoms with Gasteiger partial charge in [-0.2, -0.15) is 0 Å². The van der Waals surface area contributed by atoms with Crippen LogP contribution in [0.1, 0.15) is 16.7 Å². The maximum Gasteiger partial charge on any atom is 0.231 e. The van der Waals surface area contributed by atoms with Crippen molar-refractivity contribution in [3.63, 3.8) is 0 Å². The predicted molar refractivity (Wildman–Crippen MR) is 109 cm³/mol. The van der Waals surface area contributed by atoms with Crippen molar-refractivity contribution >= 4 is 26.7 Å². The lowest BCUT2D eigenvalue weighted by Gasteiger charge is -2.34. The molecule has 6 heteroatoms. The van der Waals surface area contributed by atoms with Crippen molar-refractivity contribution in [1.29, 1.82) is 0 Å². The first-order valence-corrected chi connectivity index (χ1v) is 10.2. The maximum atomic E-state index is 5.50. The van der Waals surface area contributed by atoms with Crippen molar-refractivity contribution in [2.75, 3.05) is 37.9 Å². The van der Waals surface area contributed by atoms with Crippen molar-refractivity contribution in [1.82, 2.24) is 9.88 Å². The first kappa shape index (κ1) is 16.8. The van der Waals surface area contributed by atoms with Crippen LogP contribution in [0.5, 0.6) is 11.5 Å². The van der Waals surface area contributed by atoms with E-state index in [1.165, 1.54) is 21.4 Å². The Kier molecular flexibility index (Phi) is 4.17. The summed E-state index contributed by atoms with van der Waals surface area (Å²) < 4.78 is 12.2. The van der Waals surface area contributed by atoms with Gasteiger partial charge in [-0.1, -0.05) is 29.5 Å². The Labute approximate surface area is 163 Å². The molecule has 0 atom stereocenters. The van der Waals surface area contributed by atoms with Crippen LogP contribution >= 0.6 is 11.3 Å². The molecule has 3 heterocycles. The van der Waals surface area contributed by atoms with Crippen LogP contribution in [0, 0.1) is 13.8 Å². The molecule has 27 heavy (non-hydrogen) atoms. The molecule has 5 nitrogen and oxygen atoms in total. The van der Waals surface area contributed by atoms with Crippen LogP contribution in [0.25, 0.3) is 10.2 Å². The largest absolute Gasteiger partial charge is 0.454 e. The zero-order chi connectivity index (χ0) is 18.4. The minimum absolute atomic E-state index is 0.332. The molecule has 0 aliphatic carbocycles. The van der Waals surface area contributed by atoms with Crippen LogP contribution in [0.15, 0.2) is 30.3 Å². The van der Waals surface area contributed by atoms with Gasteiger partial charge < -0.3 is 14.4 Å². The van der Waals surface area contributed by atoms with Gasteiger partial charge in [0.2, 0.25) is 6.79 Å². The molecule has 0 unspecified atom stereocenters. The van der Waals surface area contributed by atoms with E-state index in [1.54, 1.807) is 0 Å². The van der Waals surface area contributed by atoms with Gasteiger partial charge in [0.25, 0.3) is 0 Å². The topological polar surface area (TPSA) is 37.8 Å². The van der Waals surface area contributed by atoms with Crippen molar-refractivity contribution in [2.24, 2.45) is 0 Å². The van der Waals surface area contributed by atoms with Gasteiger partial charge in [-0.15, -0.1) is 0 Å². The smallest absolute Gasteiger partial charge is 0.231 e. The number of anilines is 1. The minimum Gasteiger partial charge on any atom is -0.454 e. The fourth-order valence-electron chi connectivity index (χ4n) is 3.78. The van der Waals surface area contributed by atoms with Crippen LogP contribution in [0.2, 0.25) is 0 Å². The third kappa shape index (κ3) is 3.13. The number of benzene rings is 2. The monoisotopic (exact) mass is 381 g/mol. The summed E-state index contributed by atoms with van der Waals surface area (Å²) in [5.41, 5.74) is 5.03. The van der Waals surface area contributed by atoms with E-state index in [9.17, 15) is 0 Å². The highest BCUT2D eigenvalue weighted by molar-refractivity contribution is 7.22. The van der Waals surface area contributed by atoms with Crippen LogP contribution in [0.3, 0.4) is 0 Å². The second-order valence-electron chi connectivity index (χ2n) is 7.32. The molecule has 0 radical (unpaired) electrons. The molecular weight excluding hydrogens is 358 g/mol. The number of hydrogen-bond acceptors (Lipinski definition) is 6. The van der Waals surface area contributed by atoms with Gasteiger partial charge in [-0.05, 0) is 42.7 Å². The fraction of sp³-hybridized carbons (Fsp3) is 0.381. The molecule has 0 spiro atoms. The second-order valence-corrected chi connectivity index (χ2v) is 8.30. The Morgan fingerprint density at radius 3 is 2.56 bits per heavy atom. The standard InChI is InChI=1S/C21H23N3O2S/c1-14-3-4-15(2)20-19(14)22-21(27-20)24-9-7-23(8-10-24)12-16-5-6-17-18(11-16)26-13-25-17/h3-6,11H,7-10,12-13H2,1-2H3. The summed E-state index contributed by atoms with van der Waals surface area (Å²) in [5, 5.41) is 1.16. The average molecular weight is 382 g/mol. The van der Waals surface area contributed by atoms with Crippen molar-refractivity contribution in [2.45, 2.75) is 20.4 Å². The van der Waals surface area contributed by atoms with Crippen molar-refractivity contribution < 1.29 is 9.47 Å². The molecule has 1 saturated heterocycles. The van der Waals surface area contributed by atoms with Gasteiger partial charge >= 0.3 is 0 Å². The van der Waals surface area contributed by atoms with Crippen LogP contribution in [0.4, 0.5) is 5.13 Å². The van der Waals surface area contributed by atoms with Gasteiger partial charge in [-0.3, -0.25) is 4.90 Å². The number of thiazole rings is 1. The molecule has 1 fully saturated rings. The fourth-order valence-corrected chi connectivity index (χ4v) is 4.94. The highest BCUT2D eigenvalue weighted by Crippen LogP contribution is 2.34. The third-order valence-electron chi connectivity index (χ3n) is 5.42. The summed E-state index contributed by atoms with van der Waals surface area (Å²) in [6, 6.07) is 10.6. The molecular formula is C21H23N3O2S. The molecule has 140 valence electrons. The third-order valence-corrected chi connectivity index (χ3v) is 6.67. The molecule has 2 aromatic carbocycles. The van der Waals surface area contributed by atoms with E-state index in [4.69, 9.17) is 14.5 Å². The summed E-state index contributed by atoms with van der Waals surface area (Å²) in [6.45, 7) is 9.72. The first-order chi connectivity index (χ1) is 13.2. The zero-order valence-corrected chi connectivity index (χ0v) is 16.5. The lowest BCUT2D eigenvalue weighted by atomic mass is 10.1. The van der Waals surface area contributed by atoms with Crippen molar-refractivity contribution in [3.8, 4) is 11.5 Å². The lowest BCUT2D eigenvalue weighted by molar-refractivity contribution is 0.174. The van der Waals surface area contributed by atoms with E-state index in [2.05, 4.69) is 47.9 Å². The molecule has 1 aromatic heterocycles. The molecule has 0 bridgehead atoms. The highest BCUT2D eigenvalue weighted by Gasteiger charge is 2.21. The van der Waals surface area contributed by atoms with Gasteiger partial charge in [0.1, 0.15) is 0 Å². The Morgan fingerprint density at radius 2 is 1.74 bits per heavy atom. The number of piperazine rings is 1. The molecule has 0 N–H and O–H groups in total. The molecule has 0 saturated carbocycles. The van der Waals surface area contributed by atoms with E-state index in [0.29, 0.717) is 6.79 Å². The minimum atomic E-state index is 0.332. The summed E-state index contributed by atoms with van der Waals surface area (Å²) >= 11 is 1.83. The lowest BCUT2D eigenvalue weighted by Crippen LogP contribution is -2.45. The van der Waals surface area contributed by atoms with E-state index in [1.807, 2.05) is 17.4 Å². The number of ether oxygens (including phenoxy) is 2. The number of nitrogens with zero attached hydrogens (tertiary/aromatic N) is 3. The van der Waals surface area contributed by atoms with E-state index in [0.717, 1.165) is 54.9 Å². The Morgan fingerprint density at radius 1 is 0.963 bits per heavy atom. The van der Waals surface area contributed by atoms with Gasteiger partial charge in [-0.25, -0.2) is 4.98 Å². The zero-order valence-electron chi connectivity index (χ0n) is 15.7. The molecule has 2 aliphatic rings. The number of aromatic nitrogens is 1. The van der Waals surface area contributed by atoms with Crippen molar-refractivity contribution in [3.05, 3.63) is 47.0 Å². The first-order valence-electron chi connectivity index (χ1n) is 9.40. The normalized spacial score (nSPS) is 17.0. The van der Waals surface area contributed by atoms with E-state index < -0.39 is 0 Å². The Balaban J connectivity index is 1.26.